The van der Waals surface area contributed by atoms with Crippen molar-refractivity contribution in [2.75, 3.05) is 7.11 Å². The third kappa shape index (κ3) is 4.74. The summed E-state index contributed by atoms with van der Waals surface area (Å²) in [5.74, 6) is -2.44. The second kappa shape index (κ2) is 10.2. The van der Waals surface area contributed by atoms with Gasteiger partial charge in [-0.05, 0) is 86.3 Å². The molecule has 3 fully saturated rings. The number of nitrogens with two attached hydrogens (primary N) is 1. The maximum atomic E-state index is 15.9. The highest BCUT2D eigenvalue weighted by Crippen LogP contribution is 2.57. The summed E-state index contributed by atoms with van der Waals surface area (Å²) in [4.78, 5) is 12.3. The van der Waals surface area contributed by atoms with Crippen LogP contribution in [0.4, 0.5) is 8.78 Å². The highest BCUT2D eigenvalue weighted by Gasteiger charge is 2.50. The van der Waals surface area contributed by atoms with Gasteiger partial charge < -0.3 is 15.2 Å². The number of amides is 1. The van der Waals surface area contributed by atoms with Crippen molar-refractivity contribution in [3.8, 4) is 11.5 Å². The summed E-state index contributed by atoms with van der Waals surface area (Å²) < 4.78 is 44.8. The minimum Gasteiger partial charge on any atom is -0.497 e. The fraction of sp³-hybridized carbons (Fsp3) is 0.355. The lowest BCUT2D eigenvalue weighted by molar-refractivity contribution is -0.00726. The predicted molar refractivity (Wildman–Crippen MR) is 151 cm³/mol. The highest BCUT2D eigenvalue weighted by atomic mass is 79.9. The predicted octanol–water partition coefficient (Wildman–Crippen LogP) is 7.06. The van der Waals surface area contributed by atoms with E-state index in [0.717, 1.165) is 65.5 Å². The first-order valence-corrected chi connectivity index (χ1v) is 14.2. The monoisotopic (exact) mass is 609 g/mol. The van der Waals surface area contributed by atoms with Gasteiger partial charge in [0, 0.05) is 27.2 Å². The molecule has 2 N–H and O–H groups in total. The minimum absolute atomic E-state index is 0.0321. The van der Waals surface area contributed by atoms with E-state index in [9.17, 15) is 9.18 Å². The molecule has 1 amide bonds. The van der Waals surface area contributed by atoms with Gasteiger partial charge in [-0.25, -0.2) is 8.78 Å². The van der Waals surface area contributed by atoms with E-state index in [4.69, 9.17) is 20.3 Å². The molecule has 3 aliphatic carbocycles. The Labute approximate surface area is 239 Å². The van der Waals surface area contributed by atoms with E-state index in [1.165, 1.54) is 0 Å². The molecule has 4 aromatic rings. The molecule has 40 heavy (non-hydrogen) atoms. The fourth-order valence-electron chi connectivity index (χ4n) is 6.50. The van der Waals surface area contributed by atoms with Crippen LogP contribution in [0, 0.1) is 17.0 Å². The zero-order chi connectivity index (χ0) is 28.1. The molecule has 2 bridgehead atoms. The van der Waals surface area contributed by atoms with Crippen LogP contribution in [0.5, 0.6) is 11.5 Å². The van der Waals surface area contributed by atoms with E-state index in [0.29, 0.717) is 12.2 Å². The number of ether oxygens (including phenoxy) is 2. The van der Waals surface area contributed by atoms with Crippen LogP contribution in [-0.4, -0.2) is 22.8 Å². The molecule has 7 rings (SSSR count). The molecule has 0 spiro atoms. The van der Waals surface area contributed by atoms with E-state index in [1.54, 1.807) is 31.4 Å². The molecule has 0 unspecified atom stereocenters. The molecule has 6 nitrogen and oxygen atoms in total. The van der Waals surface area contributed by atoms with Gasteiger partial charge in [-0.3, -0.25) is 9.48 Å². The lowest BCUT2D eigenvalue weighted by Crippen LogP contribution is -2.49. The van der Waals surface area contributed by atoms with Gasteiger partial charge in [-0.2, -0.15) is 5.10 Å². The van der Waals surface area contributed by atoms with Crippen molar-refractivity contribution >= 4 is 32.7 Å². The molecule has 3 aliphatic rings. The van der Waals surface area contributed by atoms with Crippen LogP contribution in [-0.2, 0) is 18.6 Å². The second-order valence-corrected chi connectivity index (χ2v) is 12.1. The van der Waals surface area contributed by atoms with Gasteiger partial charge in [0.05, 0.1) is 18.2 Å². The Balaban J connectivity index is 1.24. The van der Waals surface area contributed by atoms with Gasteiger partial charge in [0.15, 0.2) is 17.4 Å². The lowest BCUT2D eigenvalue weighted by Gasteiger charge is -2.53. The molecule has 0 atom stereocenters. The summed E-state index contributed by atoms with van der Waals surface area (Å²) in [5, 5.41) is 6.00. The number of hydrogen-bond acceptors (Lipinski definition) is 4. The molecule has 3 aromatic carbocycles. The number of fused-ring (bicyclic) bond motifs is 4. The second-order valence-electron chi connectivity index (χ2n) is 11.2. The molecule has 208 valence electrons. The first kappa shape index (κ1) is 26.7. The van der Waals surface area contributed by atoms with Crippen molar-refractivity contribution in [2.45, 2.75) is 57.1 Å². The molecule has 9 heteroatoms. The van der Waals surface area contributed by atoms with Crippen LogP contribution in [0.3, 0.4) is 0 Å². The molecular weight excluding hydrogens is 580 g/mol. The summed E-state index contributed by atoms with van der Waals surface area (Å²) in [6, 6.07) is 14.2. The number of benzene rings is 3. The summed E-state index contributed by atoms with van der Waals surface area (Å²) in [5.41, 5.74) is 7.03. The molecule has 1 aromatic heterocycles. The molecule has 0 aliphatic heterocycles. The van der Waals surface area contributed by atoms with Gasteiger partial charge >= 0.3 is 0 Å². The van der Waals surface area contributed by atoms with Crippen molar-refractivity contribution in [3.05, 3.63) is 87.5 Å². The number of carbonyl (C=O) groups excluding carboxylic acids is 1. The van der Waals surface area contributed by atoms with Crippen LogP contribution in [0.2, 0.25) is 0 Å². The van der Waals surface area contributed by atoms with Crippen LogP contribution in [0.1, 0.15) is 60.0 Å². The minimum atomic E-state index is -0.940. The van der Waals surface area contributed by atoms with Crippen molar-refractivity contribution in [1.82, 2.24) is 9.78 Å². The van der Waals surface area contributed by atoms with E-state index >= 15 is 4.39 Å². The normalized spacial score (nSPS) is 22.0. The van der Waals surface area contributed by atoms with E-state index in [1.807, 2.05) is 12.1 Å². The third-order valence-electron chi connectivity index (χ3n) is 8.95. The Morgan fingerprint density at radius 1 is 1.05 bits per heavy atom. The Morgan fingerprint density at radius 3 is 2.40 bits per heavy atom. The maximum absolute atomic E-state index is 15.9. The number of hydrogen-bond donors (Lipinski definition) is 1. The van der Waals surface area contributed by atoms with Gasteiger partial charge in [-0.1, -0.05) is 34.1 Å². The zero-order valence-corrected chi connectivity index (χ0v) is 23.8. The van der Waals surface area contributed by atoms with E-state index < -0.39 is 23.3 Å². The molecule has 0 radical (unpaired) electrons. The standard InChI is InChI=1S/C31H30BrF2N3O3/c1-39-22-6-2-19(3-7-22)18-40-28-25(33)15-23(29(35)38)24(27(28)34)16-30-8-11-31(12-9-30,13-10-30)37-17-20-4-5-21(32)14-26(20)36-37/h2-7,14-15,17H,8-13,16,18H2,1H3,(H2,35,38). The van der Waals surface area contributed by atoms with E-state index in [-0.39, 0.29) is 28.7 Å². The number of primary amides is 1. The average molecular weight is 610 g/mol. The SMILES string of the molecule is COc1ccc(COc2c(F)cc(C(N)=O)c(CC34CCC(n5cc6ccc(Br)cc6n5)(CC3)CC4)c2F)cc1. The van der Waals surface area contributed by atoms with Gasteiger partial charge in [0.25, 0.3) is 0 Å². The number of halogens is 3. The summed E-state index contributed by atoms with van der Waals surface area (Å²) in [7, 11) is 1.56. The van der Waals surface area contributed by atoms with Gasteiger partial charge in [0.2, 0.25) is 5.91 Å². The third-order valence-corrected chi connectivity index (χ3v) is 9.45. The number of nitrogens with zero attached hydrogens (tertiary/aromatic N) is 2. The summed E-state index contributed by atoms with van der Waals surface area (Å²) in [6.45, 7) is -0.0321. The van der Waals surface area contributed by atoms with Gasteiger partial charge in [-0.15, -0.1) is 0 Å². The quantitative estimate of drug-likeness (QED) is 0.232. The Kier molecular flexibility index (Phi) is 6.81. The summed E-state index contributed by atoms with van der Waals surface area (Å²) in [6.07, 6.45) is 7.68. The van der Waals surface area contributed by atoms with Crippen LogP contribution >= 0.6 is 15.9 Å². The lowest BCUT2D eigenvalue weighted by atomic mass is 9.55. The maximum Gasteiger partial charge on any atom is 0.249 e. The highest BCUT2D eigenvalue weighted by molar-refractivity contribution is 9.10. The van der Waals surface area contributed by atoms with Crippen LogP contribution in [0.25, 0.3) is 10.9 Å². The van der Waals surface area contributed by atoms with E-state index in [2.05, 4.69) is 32.9 Å². The Morgan fingerprint density at radius 2 is 1.75 bits per heavy atom. The number of rotatable bonds is 8. The first-order chi connectivity index (χ1) is 19.2. The average Bonchev–Trinajstić information content (AvgIpc) is 3.39. The molecule has 0 saturated heterocycles. The number of aromatic nitrogens is 2. The smallest absolute Gasteiger partial charge is 0.249 e. The summed E-state index contributed by atoms with van der Waals surface area (Å²) >= 11 is 3.52. The Hall–Kier alpha value is -3.46. The molecule has 3 saturated carbocycles. The van der Waals surface area contributed by atoms with Crippen LogP contribution in [0.15, 0.2) is 59.2 Å². The number of methoxy groups -OCH3 is 1. The van der Waals surface area contributed by atoms with Gasteiger partial charge in [0.1, 0.15) is 12.4 Å². The Bertz CT molecular complexity index is 1580. The molecule has 1 heterocycles. The van der Waals surface area contributed by atoms with Crippen molar-refractivity contribution in [1.29, 1.82) is 0 Å². The zero-order valence-electron chi connectivity index (χ0n) is 22.2. The van der Waals surface area contributed by atoms with Crippen molar-refractivity contribution in [3.63, 3.8) is 0 Å². The van der Waals surface area contributed by atoms with Crippen LogP contribution < -0.4 is 15.2 Å². The number of carbonyl (C=O) groups is 1. The topological polar surface area (TPSA) is 79.4 Å². The largest absolute Gasteiger partial charge is 0.497 e. The van der Waals surface area contributed by atoms with Crippen molar-refractivity contribution < 1.29 is 23.0 Å². The fourth-order valence-corrected chi connectivity index (χ4v) is 6.85. The first-order valence-electron chi connectivity index (χ1n) is 13.4. The molecular formula is C31H30BrF2N3O3. The van der Waals surface area contributed by atoms with Crippen molar-refractivity contribution in [2.24, 2.45) is 11.1 Å².